The molecule has 11 rings (SSSR count). The first-order chi connectivity index (χ1) is 8.04. The average molecular weight is 302 g/mol. The fourth-order valence-corrected chi connectivity index (χ4v) is 95.1. The van der Waals surface area contributed by atoms with Crippen LogP contribution >= 0.6 is 22.7 Å². The first-order valence-corrected chi connectivity index (χ1v) is 14.8. The van der Waals surface area contributed by atoms with Gasteiger partial charge in [0.05, 0.1) is 0 Å². The zero-order chi connectivity index (χ0) is 10.3. The topological polar surface area (TPSA) is 17.1 Å². The molecule has 88 valence electrons. The molecule has 0 amide bonds. The van der Waals surface area contributed by atoms with Gasteiger partial charge in [0.15, 0.2) is 0 Å². The van der Waals surface area contributed by atoms with Gasteiger partial charge in [-0.3, -0.25) is 0 Å². The van der Waals surface area contributed by atoms with Crippen LogP contribution in [0.4, 0.5) is 0 Å². The van der Waals surface area contributed by atoms with E-state index in [9.17, 15) is 4.79 Å². The van der Waals surface area contributed by atoms with Crippen molar-refractivity contribution in [3.63, 3.8) is 0 Å². The molecule has 11 heterocycles. The van der Waals surface area contributed by atoms with Crippen molar-refractivity contribution < 1.29 is 6.51 Å². The monoisotopic (exact) mass is 302 g/mol. The summed E-state index contributed by atoms with van der Waals surface area (Å²) < 4.78 is 1.22. The van der Waals surface area contributed by atoms with Gasteiger partial charge in [0.2, 0.25) is 0 Å². The molecule has 10 aliphatic heterocycles. The Labute approximate surface area is 95.5 Å². The standard InChI is InChI=1S/C8H5OS2.C5H5.Fe/c9-8-10-5-7(11-8)6-3-1-2-4-6;1-2-4-5-3-1;/h1-5H;1-5H;. The van der Waals surface area contributed by atoms with E-state index in [0.29, 0.717) is 4.06 Å². The van der Waals surface area contributed by atoms with Gasteiger partial charge in [-0.1, -0.05) is 0 Å². The fraction of sp³-hybridized carbons (Fsp3) is 0.769. The van der Waals surface area contributed by atoms with Gasteiger partial charge >= 0.3 is 96.0 Å². The van der Waals surface area contributed by atoms with Crippen LogP contribution in [0.25, 0.3) is 0 Å². The molecule has 10 aliphatic rings. The number of rotatable bonds is 1. The SMILES string of the molecule is O=c1scc([C]23[CH]4[CH]5[CH]6[CH]2[Fe]56432789[CH]3[CH]2[CH]7[CH]8[CH]39)s1. The van der Waals surface area contributed by atoms with E-state index in [1.807, 2.05) is 0 Å². The quantitative estimate of drug-likeness (QED) is 0.718. The van der Waals surface area contributed by atoms with Crippen LogP contribution in [0.5, 0.6) is 0 Å². The van der Waals surface area contributed by atoms with Gasteiger partial charge in [0.1, 0.15) is 0 Å². The van der Waals surface area contributed by atoms with Crippen LogP contribution in [0.3, 0.4) is 0 Å². The molecule has 10 saturated heterocycles. The van der Waals surface area contributed by atoms with E-state index in [2.05, 4.69) is 5.38 Å². The number of hydrogen-bond donors (Lipinski definition) is 0. The van der Waals surface area contributed by atoms with E-state index < -0.39 is 6.51 Å². The van der Waals surface area contributed by atoms with Crippen molar-refractivity contribution in [2.24, 2.45) is 0 Å². The summed E-state index contributed by atoms with van der Waals surface area (Å²) in [5.41, 5.74) is 0. The van der Waals surface area contributed by atoms with Gasteiger partial charge in [-0.15, -0.1) is 0 Å². The molecule has 0 radical (unpaired) electrons. The molecule has 1 aromatic rings. The summed E-state index contributed by atoms with van der Waals surface area (Å²) in [6, 6.07) is 0. The first kappa shape index (κ1) is 6.21. The maximum atomic E-state index is 11.7. The molecule has 0 saturated carbocycles. The van der Waals surface area contributed by atoms with Crippen LogP contribution in [-0.4, -0.2) is 0 Å². The number of hydrogen-bond acceptors (Lipinski definition) is 3. The predicted octanol–water partition coefficient (Wildman–Crippen LogP) is 3.97. The molecule has 1 nitrogen and oxygen atoms in total. The van der Waals surface area contributed by atoms with Gasteiger partial charge in [0, 0.05) is 0 Å². The minimum absolute atomic E-state index is 0.385. The summed E-state index contributed by atoms with van der Waals surface area (Å²) in [4.78, 5) is 25.7. The molecule has 1 aromatic heterocycles. The minimum atomic E-state index is -2.92. The molecule has 17 heavy (non-hydrogen) atoms. The van der Waals surface area contributed by atoms with Crippen LogP contribution < -0.4 is 4.06 Å². The molecule has 0 N–H and O–H groups in total. The Hall–Kier alpha value is 0.369. The molecule has 4 atom stereocenters. The zero-order valence-corrected chi connectivity index (χ0v) is 11.6. The molecule has 0 bridgehead atoms. The van der Waals surface area contributed by atoms with Gasteiger partial charge in [0.25, 0.3) is 0 Å². The number of fused-ring (bicyclic) bond motifs is 10. The summed E-state index contributed by atoms with van der Waals surface area (Å²) in [7, 11) is 0. The maximum absolute atomic E-state index is 11.7. The summed E-state index contributed by atoms with van der Waals surface area (Å²) in [5.74, 6) is 0. The second-order valence-corrected chi connectivity index (χ2v) is 36.3. The predicted molar refractivity (Wildman–Crippen MR) is 63.9 cm³/mol. The molecule has 0 aromatic carbocycles. The molecular formula is C13H10FeOS2. The second-order valence-electron chi connectivity index (χ2n) is 10.6. The Morgan fingerprint density at radius 1 is 1.00 bits per heavy atom. The molecule has 0 aliphatic carbocycles. The Morgan fingerprint density at radius 2 is 1.59 bits per heavy atom. The summed E-state index contributed by atoms with van der Waals surface area (Å²) >= 11 is 3.20. The average Bonchev–Trinajstić information content (AvgIpc) is 3.24. The third-order valence-corrected chi connectivity index (χ3v) is 60.1. The van der Waals surface area contributed by atoms with Crippen LogP contribution in [0.15, 0.2) is 10.2 Å². The summed E-state index contributed by atoms with van der Waals surface area (Å²) in [5, 5.41) is 2.33. The van der Waals surface area contributed by atoms with E-state index in [1.54, 1.807) is 16.2 Å². The fourth-order valence-electron chi connectivity index (χ4n) is 17.3. The van der Waals surface area contributed by atoms with E-state index >= 15 is 0 Å². The van der Waals surface area contributed by atoms with Crippen LogP contribution in [0.2, 0.25) is 43.3 Å². The van der Waals surface area contributed by atoms with Gasteiger partial charge in [-0.2, -0.15) is 0 Å². The van der Waals surface area contributed by atoms with Crippen LogP contribution in [-0.2, 0) is 10.8 Å². The normalized spacial score (nSPS) is 119. The van der Waals surface area contributed by atoms with Crippen LogP contribution in [0, 0.1) is 0 Å². The zero-order valence-electron chi connectivity index (χ0n) is 8.85. The summed E-state index contributed by atoms with van der Waals surface area (Å²) in [6.07, 6.45) is 0. The second kappa shape index (κ2) is 0.507. The molecule has 4 heteroatoms. The first-order valence-electron chi connectivity index (χ1n) is 6.85. The molecule has 1 spiro atoms. The van der Waals surface area contributed by atoms with Gasteiger partial charge < -0.3 is 0 Å². The van der Waals surface area contributed by atoms with Crippen molar-refractivity contribution in [2.75, 3.05) is 0 Å². The van der Waals surface area contributed by atoms with E-state index in [1.165, 1.54) is 54.7 Å². The molecule has 4 unspecified atom stereocenters. The summed E-state index contributed by atoms with van der Waals surface area (Å²) in [6.45, 7) is -2.92. The van der Waals surface area contributed by atoms with Crippen molar-refractivity contribution in [1.82, 2.24) is 0 Å². The van der Waals surface area contributed by atoms with Crippen LogP contribution in [0.1, 0.15) is 4.88 Å². The van der Waals surface area contributed by atoms with E-state index in [-0.39, 0.29) is 0 Å². The van der Waals surface area contributed by atoms with Crippen molar-refractivity contribution in [3.05, 3.63) is 19.1 Å². The van der Waals surface area contributed by atoms with Crippen molar-refractivity contribution in [3.8, 4) is 0 Å². The van der Waals surface area contributed by atoms with Crippen molar-refractivity contribution in [1.29, 1.82) is 0 Å². The van der Waals surface area contributed by atoms with Crippen molar-refractivity contribution >= 4 is 22.7 Å². The van der Waals surface area contributed by atoms with Crippen molar-refractivity contribution in [2.45, 2.75) is 47.7 Å². The van der Waals surface area contributed by atoms with E-state index in [0.717, 1.165) is 4.31 Å². The third-order valence-electron chi connectivity index (χ3n) is 15.5. The molecule has 10 fully saturated rings. The Bertz CT molecular complexity index is 1110. The van der Waals surface area contributed by atoms with Gasteiger partial charge in [-0.25, -0.2) is 0 Å². The third kappa shape index (κ3) is 0.0648. The molecular weight excluding hydrogens is 292 g/mol. The van der Waals surface area contributed by atoms with E-state index in [4.69, 9.17) is 0 Å². The Morgan fingerprint density at radius 3 is 1.88 bits per heavy atom. The Kier molecular flexibility index (Phi) is 0.185. The Balaban J connectivity index is 1.67. The van der Waals surface area contributed by atoms with Gasteiger partial charge in [-0.05, 0) is 0 Å².